The molecule has 1 unspecified atom stereocenters. The smallest absolute Gasteiger partial charge is 0.119 e. The Hall–Kier alpha value is -1.58. The molecule has 2 aromatic rings. The van der Waals surface area contributed by atoms with E-state index < -0.39 is 0 Å². The maximum absolute atomic E-state index is 9.32. The Morgan fingerprint density at radius 1 is 0.909 bits per heavy atom. The molecule has 0 heterocycles. The summed E-state index contributed by atoms with van der Waals surface area (Å²) in [7, 11) is 2.19. The Morgan fingerprint density at radius 2 is 1.41 bits per heavy atom. The monoisotopic (exact) mass is 295 g/mol. The molecule has 2 rings (SSSR count). The standard InChI is InChI=1S/C19H26BNO/c1-16(14-22)12-21(15-20)13-19(17-8-4-2-5-9-17)18-10-6-3-7-11-18/h2-11,16,19,22H,12-15,20H2,1H3. The minimum Gasteiger partial charge on any atom is -0.396 e. The summed E-state index contributed by atoms with van der Waals surface area (Å²) in [5, 5.41) is 9.32. The van der Waals surface area contributed by atoms with Crippen molar-refractivity contribution >= 4 is 7.85 Å². The van der Waals surface area contributed by atoms with Crippen molar-refractivity contribution < 1.29 is 5.11 Å². The molecule has 0 fully saturated rings. The Balaban J connectivity index is 2.21. The molecule has 0 aliphatic carbocycles. The van der Waals surface area contributed by atoms with Gasteiger partial charge in [-0.05, 0) is 23.5 Å². The van der Waals surface area contributed by atoms with Gasteiger partial charge in [0.05, 0.1) is 0 Å². The number of aliphatic hydroxyl groups is 1. The molecule has 1 atom stereocenters. The summed E-state index contributed by atoms with van der Waals surface area (Å²) in [5.41, 5.74) is 2.70. The first-order valence-electron chi connectivity index (χ1n) is 8.17. The average molecular weight is 295 g/mol. The van der Waals surface area contributed by atoms with E-state index in [9.17, 15) is 5.11 Å². The molecule has 0 bridgehead atoms. The number of rotatable bonds is 8. The lowest BCUT2D eigenvalue weighted by atomic mass is 9.90. The van der Waals surface area contributed by atoms with Crippen molar-refractivity contribution in [3.63, 3.8) is 0 Å². The molecule has 0 spiro atoms. The van der Waals surface area contributed by atoms with E-state index in [1.54, 1.807) is 0 Å². The fourth-order valence-electron chi connectivity index (χ4n) is 2.86. The Bertz CT molecular complexity index is 492. The molecule has 0 saturated heterocycles. The van der Waals surface area contributed by atoms with Crippen LogP contribution in [0.2, 0.25) is 0 Å². The maximum atomic E-state index is 9.32. The molecule has 22 heavy (non-hydrogen) atoms. The zero-order valence-corrected chi connectivity index (χ0v) is 13.7. The van der Waals surface area contributed by atoms with Gasteiger partial charge in [-0.3, -0.25) is 0 Å². The second-order valence-electron chi connectivity index (χ2n) is 6.01. The van der Waals surface area contributed by atoms with E-state index >= 15 is 0 Å². The van der Waals surface area contributed by atoms with Gasteiger partial charge in [0.25, 0.3) is 0 Å². The van der Waals surface area contributed by atoms with Gasteiger partial charge in [-0.2, -0.15) is 0 Å². The molecule has 0 amide bonds. The van der Waals surface area contributed by atoms with Crippen LogP contribution in [0.5, 0.6) is 0 Å². The fourth-order valence-corrected chi connectivity index (χ4v) is 2.86. The Kier molecular flexibility index (Phi) is 6.69. The van der Waals surface area contributed by atoms with Gasteiger partial charge in [0.1, 0.15) is 7.85 Å². The predicted molar refractivity (Wildman–Crippen MR) is 96.0 cm³/mol. The number of nitrogens with zero attached hydrogens (tertiary/aromatic N) is 1. The largest absolute Gasteiger partial charge is 0.396 e. The van der Waals surface area contributed by atoms with Crippen LogP contribution in [-0.2, 0) is 0 Å². The van der Waals surface area contributed by atoms with Crippen molar-refractivity contribution in [3.05, 3.63) is 71.8 Å². The van der Waals surface area contributed by atoms with Crippen LogP contribution in [0.1, 0.15) is 24.0 Å². The van der Waals surface area contributed by atoms with Gasteiger partial charge in [0.2, 0.25) is 0 Å². The SMILES string of the molecule is BCN(CC(C)CO)CC(c1ccccc1)c1ccccc1. The molecular formula is C19H26BNO. The first-order chi connectivity index (χ1) is 10.7. The van der Waals surface area contributed by atoms with E-state index in [1.165, 1.54) is 11.1 Å². The highest BCUT2D eigenvalue weighted by molar-refractivity contribution is 6.08. The van der Waals surface area contributed by atoms with Crippen molar-refractivity contribution in [2.75, 3.05) is 26.1 Å². The Morgan fingerprint density at radius 3 is 1.82 bits per heavy atom. The van der Waals surface area contributed by atoms with Crippen LogP contribution in [0.15, 0.2) is 60.7 Å². The zero-order valence-electron chi connectivity index (χ0n) is 13.7. The lowest BCUT2D eigenvalue weighted by Crippen LogP contribution is -2.35. The van der Waals surface area contributed by atoms with Gasteiger partial charge in [0, 0.05) is 25.6 Å². The summed E-state index contributed by atoms with van der Waals surface area (Å²) in [4.78, 5) is 2.44. The van der Waals surface area contributed by atoms with Gasteiger partial charge in [0.15, 0.2) is 0 Å². The van der Waals surface area contributed by atoms with E-state index in [-0.39, 0.29) is 6.61 Å². The van der Waals surface area contributed by atoms with E-state index in [2.05, 4.69) is 80.3 Å². The topological polar surface area (TPSA) is 23.5 Å². The predicted octanol–water partition coefficient (Wildman–Crippen LogP) is 2.34. The number of benzene rings is 2. The second kappa shape index (κ2) is 8.77. The van der Waals surface area contributed by atoms with Crippen molar-refractivity contribution in [1.82, 2.24) is 4.90 Å². The van der Waals surface area contributed by atoms with E-state index in [4.69, 9.17) is 0 Å². The minimum atomic E-state index is 0.248. The van der Waals surface area contributed by atoms with E-state index in [0.29, 0.717) is 11.8 Å². The van der Waals surface area contributed by atoms with Crippen LogP contribution in [-0.4, -0.2) is 44.0 Å². The summed E-state index contributed by atoms with van der Waals surface area (Å²) in [6.07, 6.45) is 1.00. The molecule has 2 nitrogen and oxygen atoms in total. The van der Waals surface area contributed by atoms with Crippen LogP contribution in [0.25, 0.3) is 0 Å². The summed E-state index contributed by atoms with van der Waals surface area (Å²) in [6, 6.07) is 21.4. The highest BCUT2D eigenvalue weighted by atomic mass is 16.3. The summed E-state index contributed by atoms with van der Waals surface area (Å²) >= 11 is 0. The summed E-state index contributed by atoms with van der Waals surface area (Å²) in [6.45, 7) is 4.26. The first-order valence-corrected chi connectivity index (χ1v) is 8.17. The molecule has 0 saturated carbocycles. The maximum Gasteiger partial charge on any atom is 0.119 e. The molecule has 116 valence electrons. The van der Waals surface area contributed by atoms with Crippen LogP contribution in [0.3, 0.4) is 0 Å². The molecule has 0 aliphatic heterocycles. The second-order valence-corrected chi connectivity index (χ2v) is 6.01. The minimum absolute atomic E-state index is 0.248. The molecule has 2 aromatic carbocycles. The molecule has 0 radical (unpaired) electrons. The number of hydrogen-bond donors (Lipinski definition) is 1. The normalized spacial score (nSPS) is 12.7. The van der Waals surface area contributed by atoms with Crippen molar-refractivity contribution in [3.8, 4) is 0 Å². The van der Waals surface area contributed by atoms with Crippen molar-refractivity contribution in [2.45, 2.75) is 12.8 Å². The van der Waals surface area contributed by atoms with E-state index in [0.717, 1.165) is 19.5 Å². The molecular weight excluding hydrogens is 269 g/mol. The van der Waals surface area contributed by atoms with Crippen LogP contribution >= 0.6 is 0 Å². The third-order valence-corrected chi connectivity index (χ3v) is 4.17. The highest BCUT2D eigenvalue weighted by Crippen LogP contribution is 2.25. The van der Waals surface area contributed by atoms with Gasteiger partial charge >= 0.3 is 0 Å². The highest BCUT2D eigenvalue weighted by Gasteiger charge is 2.18. The van der Waals surface area contributed by atoms with Gasteiger partial charge in [-0.15, -0.1) is 0 Å². The Labute approximate surface area is 135 Å². The van der Waals surface area contributed by atoms with Gasteiger partial charge in [-0.25, -0.2) is 0 Å². The first kappa shape index (κ1) is 16.8. The van der Waals surface area contributed by atoms with Crippen molar-refractivity contribution in [2.24, 2.45) is 5.92 Å². The lowest BCUT2D eigenvalue weighted by Gasteiger charge is -2.29. The molecule has 0 aromatic heterocycles. The van der Waals surface area contributed by atoms with Gasteiger partial charge in [-0.1, -0.05) is 67.6 Å². The molecule has 1 N–H and O–H groups in total. The average Bonchev–Trinajstić information content (AvgIpc) is 2.59. The third kappa shape index (κ3) is 4.72. The number of hydrogen-bond acceptors (Lipinski definition) is 2. The quantitative estimate of drug-likeness (QED) is 0.756. The third-order valence-electron chi connectivity index (χ3n) is 4.17. The molecule has 0 aliphatic rings. The molecule has 3 heteroatoms. The number of aliphatic hydroxyl groups excluding tert-OH is 1. The van der Waals surface area contributed by atoms with Crippen LogP contribution < -0.4 is 0 Å². The van der Waals surface area contributed by atoms with E-state index in [1.807, 2.05) is 0 Å². The van der Waals surface area contributed by atoms with Crippen molar-refractivity contribution in [1.29, 1.82) is 0 Å². The lowest BCUT2D eigenvalue weighted by molar-refractivity contribution is 0.184. The van der Waals surface area contributed by atoms with Crippen LogP contribution in [0.4, 0.5) is 0 Å². The van der Waals surface area contributed by atoms with Gasteiger partial charge < -0.3 is 10.0 Å². The van der Waals surface area contributed by atoms with Crippen LogP contribution in [0, 0.1) is 5.92 Å². The summed E-state index contributed by atoms with van der Waals surface area (Å²) in [5.74, 6) is 0.681. The summed E-state index contributed by atoms with van der Waals surface area (Å²) < 4.78 is 0. The fraction of sp³-hybridized carbons (Fsp3) is 0.368. The zero-order chi connectivity index (χ0) is 15.8.